The van der Waals surface area contributed by atoms with Gasteiger partial charge >= 0.3 is 0 Å². The van der Waals surface area contributed by atoms with E-state index in [1.807, 2.05) is 0 Å². The van der Waals surface area contributed by atoms with Crippen LogP contribution < -0.4 is 0 Å². The Morgan fingerprint density at radius 2 is 0.418 bits per heavy atom. The minimum Gasteiger partial charge on any atom is -0.394 e. The summed E-state index contributed by atoms with van der Waals surface area (Å²) in [7, 11) is 0. The molecule has 392 valence electrons. The minimum atomic E-state index is -2.01. The van der Waals surface area contributed by atoms with Crippen molar-refractivity contribution in [2.75, 3.05) is 39.6 Å². The fourth-order valence-electron chi connectivity index (χ4n) is 7.99. The van der Waals surface area contributed by atoms with Crippen molar-refractivity contribution in [2.45, 2.75) is 184 Å². The van der Waals surface area contributed by atoms with Gasteiger partial charge in [-0.25, -0.2) is 0 Å². The maximum Gasteiger partial charge on any atom is 0.186 e. The van der Waals surface area contributed by atoms with Crippen molar-refractivity contribution in [3.63, 3.8) is 0 Å². The normalized spacial score (nSPS) is 53.4. The molecule has 0 saturated carbocycles. The largest absolute Gasteiger partial charge is 0.394 e. The standard InChI is InChI=1S/C36H62O31/c37-1-7-13(38)20(45)26(51)32(63-7)58-3-9-15(40)22(47)28(53)34(65-9)60-5-11-17(42)24(49)30(55)36(67-11)61-6-12-18(43)23(48)29(54)35(66-12)59-4-10-16(41)21(46)27(52)33(64-10)57-2-8-14(39)19(44)25(50)31(56)62-8/h7-56H,1-6H2/t7-,8?,9?,10-,11-,12?,13?,14-,15-,16?,17?,18-,19?,20+,21+,22?,23?,24+,25-,26?,27?,28-,29-,30?,31+,32-,33-,34?,35?,36-/m1/s1. The first kappa shape index (κ1) is 55.1. The van der Waals surface area contributed by atoms with E-state index in [2.05, 4.69) is 0 Å². The highest BCUT2D eigenvalue weighted by atomic mass is 16.8. The van der Waals surface area contributed by atoms with Gasteiger partial charge in [0, 0.05) is 0 Å². The van der Waals surface area contributed by atoms with Gasteiger partial charge in [0.1, 0.15) is 146 Å². The van der Waals surface area contributed by atoms with Crippen LogP contribution in [0.15, 0.2) is 0 Å². The van der Waals surface area contributed by atoms with Crippen molar-refractivity contribution < 1.29 is 154 Å². The molecule has 31 nitrogen and oxygen atoms in total. The fourth-order valence-corrected chi connectivity index (χ4v) is 7.99. The molecule has 6 saturated heterocycles. The van der Waals surface area contributed by atoms with Gasteiger partial charge < -0.3 is 154 Å². The lowest BCUT2D eigenvalue weighted by Gasteiger charge is -2.44. The van der Waals surface area contributed by atoms with Crippen molar-refractivity contribution in [1.82, 2.24) is 0 Å². The predicted molar refractivity (Wildman–Crippen MR) is 199 cm³/mol. The van der Waals surface area contributed by atoms with Gasteiger partial charge in [-0.1, -0.05) is 0 Å². The monoisotopic (exact) mass is 990 g/mol. The summed E-state index contributed by atoms with van der Waals surface area (Å²) >= 11 is 0. The van der Waals surface area contributed by atoms with Gasteiger partial charge in [-0.05, 0) is 0 Å². The molecule has 0 aromatic heterocycles. The Hall–Kier alpha value is -1.24. The number of aliphatic hydroxyl groups is 20. The molecule has 0 spiro atoms. The zero-order chi connectivity index (χ0) is 49.3. The van der Waals surface area contributed by atoms with Crippen molar-refractivity contribution >= 4 is 0 Å². The van der Waals surface area contributed by atoms with Crippen LogP contribution in [0.5, 0.6) is 0 Å². The van der Waals surface area contributed by atoms with Gasteiger partial charge in [0.2, 0.25) is 0 Å². The molecule has 20 N–H and O–H groups in total. The summed E-state index contributed by atoms with van der Waals surface area (Å²) in [5.41, 5.74) is 0. The van der Waals surface area contributed by atoms with Crippen LogP contribution in [0, 0.1) is 0 Å². The molecule has 0 aromatic rings. The molecular weight excluding hydrogens is 928 g/mol. The number of ether oxygens (including phenoxy) is 11. The quantitative estimate of drug-likeness (QED) is 0.0683. The molecule has 14 unspecified atom stereocenters. The molecule has 0 bridgehead atoms. The number of rotatable bonds is 16. The molecule has 31 heteroatoms. The van der Waals surface area contributed by atoms with Crippen LogP contribution in [-0.2, 0) is 52.1 Å². The van der Waals surface area contributed by atoms with E-state index in [0.717, 1.165) is 0 Å². The molecule has 6 heterocycles. The zero-order valence-electron chi connectivity index (χ0n) is 35.0. The predicted octanol–water partition coefficient (Wildman–Crippen LogP) is -14.1. The summed E-state index contributed by atoms with van der Waals surface area (Å²) in [5, 5.41) is 206. The average molecular weight is 991 g/mol. The maximum atomic E-state index is 10.7. The second-order valence-corrected chi connectivity index (χ2v) is 17.0. The third kappa shape index (κ3) is 12.0. The molecule has 0 radical (unpaired) electrons. The third-order valence-corrected chi connectivity index (χ3v) is 12.3. The molecule has 30 atom stereocenters. The summed E-state index contributed by atoms with van der Waals surface area (Å²) in [4.78, 5) is 0. The van der Waals surface area contributed by atoms with Crippen LogP contribution in [0.25, 0.3) is 0 Å². The van der Waals surface area contributed by atoms with Crippen LogP contribution in [-0.4, -0.2) is 326 Å². The van der Waals surface area contributed by atoms with E-state index < -0.39 is 224 Å². The van der Waals surface area contributed by atoms with E-state index in [1.165, 1.54) is 0 Å². The lowest BCUT2D eigenvalue weighted by atomic mass is 9.97. The van der Waals surface area contributed by atoms with E-state index >= 15 is 0 Å². The fraction of sp³-hybridized carbons (Fsp3) is 1.00. The number of hydrogen-bond acceptors (Lipinski definition) is 31. The Balaban J connectivity index is 1.01. The van der Waals surface area contributed by atoms with Gasteiger partial charge in [0.05, 0.1) is 39.6 Å². The molecule has 6 fully saturated rings. The highest BCUT2D eigenvalue weighted by Crippen LogP contribution is 2.31. The summed E-state index contributed by atoms with van der Waals surface area (Å²) in [6, 6.07) is 0. The summed E-state index contributed by atoms with van der Waals surface area (Å²) in [5.74, 6) is 0. The van der Waals surface area contributed by atoms with Crippen LogP contribution in [0.1, 0.15) is 0 Å². The second-order valence-electron chi connectivity index (χ2n) is 17.0. The Kier molecular flexibility index (Phi) is 19.4. The van der Waals surface area contributed by atoms with E-state index in [9.17, 15) is 102 Å². The minimum absolute atomic E-state index is 0.692. The van der Waals surface area contributed by atoms with E-state index in [4.69, 9.17) is 52.1 Å². The highest BCUT2D eigenvalue weighted by Gasteiger charge is 2.52. The van der Waals surface area contributed by atoms with E-state index in [-0.39, 0.29) is 0 Å². The van der Waals surface area contributed by atoms with Crippen molar-refractivity contribution in [2.24, 2.45) is 0 Å². The van der Waals surface area contributed by atoms with E-state index in [0.29, 0.717) is 0 Å². The SMILES string of the molecule is OC[C@H]1O[C@@H](OCC2OC(OC[C@H]3O[C@@H](OCC4OC(OC[C@H]5O[C@@H](OCC6O[C@H](O)[C@H](O)C(O)[C@@H]6O)C(O)[C@@H](O)C5O)[C@H](O)C(O)[C@@H]4O)C(O)[C@@H](O)C3O)[C@H](O)C(O)[C@@H]2O)C(O)[C@@H](O)C1O. The molecule has 0 amide bonds. The Labute approximate surface area is 378 Å². The average Bonchev–Trinajstić information content (AvgIpc) is 3.31. The molecule has 67 heavy (non-hydrogen) atoms. The van der Waals surface area contributed by atoms with Crippen LogP contribution >= 0.6 is 0 Å². The smallest absolute Gasteiger partial charge is 0.186 e. The lowest BCUT2D eigenvalue weighted by molar-refractivity contribution is -0.352. The number of aliphatic hydroxyl groups excluding tert-OH is 20. The first-order chi connectivity index (χ1) is 31.6. The second kappa shape index (κ2) is 23.5. The van der Waals surface area contributed by atoms with Gasteiger partial charge in [-0.3, -0.25) is 0 Å². The van der Waals surface area contributed by atoms with Crippen LogP contribution in [0.4, 0.5) is 0 Å². The van der Waals surface area contributed by atoms with Crippen LogP contribution in [0.2, 0.25) is 0 Å². The first-order valence-corrected chi connectivity index (χ1v) is 21.1. The van der Waals surface area contributed by atoms with E-state index in [1.54, 1.807) is 0 Å². The zero-order valence-corrected chi connectivity index (χ0v) is 35.0. The Morgan fingerprint density at radius 3 is 0.657 bits per heavy atom. The highest BCUT2D eigenvalue weighted by molar-refractivity contribution is 4.96. The molecule has 6 aliphatic heterocycles. The molecule has 6 rings (SSSR count). The topological polar surface area (TPSA) is 506 Å². The first-order valence-electron chi connectivity index (χ1n) is 21.1. The van der Waals surface area contributed by atoms with Gasteiger partial charge in [-0.15, -0.1) is 0 Å². The maximum absolute atomic E-state index is 10.7. The van der Waals surface area contributed by atoms with Crippen LogP contribution in [0.3, 0.4) is 0 Å². The number of hydrogen-bond donors (Lipinski definition) is 20. The van der Waals surface area contributed by atoms with Crippen molar-refractivity contribution in [3.05, 3.63) is 0 Å². The lowest BCUT2D eigenvalue weighted by Crippen LogP contribution is -2.63. The Morgan fingerprint density at radius 1 is 0.224 bits per heavy atom. The summed E-state index contributed by atoms with van der Waals surface area (Å²) in [6.07, 6.45) is -54.2. The van der Waals surface area contributed by atoms with Gasteiger partial charge in [-0.2, -0.15) is 0 Å². The van der Waals surface area contributed by atoms with Gasteiger partial charge in [0.15, 0.2) is 37.7 Å². The van der Waals surface area contributed by atoms with Crippen molar-refractivity contribution in [1.29, 1.82) is 0 Å². The van der Waals surface area contributed by atoms with Crippen molar-refractivity contribution in [3.8, 4) is 0 Å². The molecular formula is C36H62O31. The molecule has 0 aliphatic carbocycles. The van der Waals surface area contributed by atoms with Gasteiger partial charge in [0.25, 0.3) is 0 Å². The third-order valence-electron chi connectivity index (χ3n) is 12.3. The Bertz CT molecular complexity index is 1510. The molecule has 0 aromatic carbocycles. The summed E-state index contributed by atoms with van der Waals surface area (Å²) in [6.45, 7) is -4.51. The summed E-state index contributed by atoms with van der Waals surface area (Å²) < 4.78 is 59.7. The molecule has 6 aliphatic rings.